The molecule has 5 heteroatoms. The summed E-state index contributed by atoms with van der Waals surface area (Å²) in [6.45, 7) is 2.04. The average Bonchev–Trinajstić information content (AvgIpc) is 2.47. The number of aryl methyl sites for hydroxylation is 1. The summed E-state index contributed by atoms with van der Waals surface area (Å²) in [6.07, 6.45) is 0.833. The van der Waals surface area contributed by atoms with Gasteiger partial charge in [0.1, 0.15) is 5.82 Å². The number of anilines is 1. The van der Waals surface area contributed by atoms with Gasteiger partial charge in [-0.05, 0) is 24.6 Å². The molecule has 0 bridgehead atoms. The largest absolute Gasteiger partial charge is 0.504 e. The number of phenols is 1. The van der Waals surface area contributed by atoms with Gasteiger partial charge in [0, 0.05) is 24.4 Å². The van der Waals surface area contributed by atoms with Crippen molar-refractivity contribution in [2.75, 3.05) is 19.5 Å². The molecule has 0 spiro atoms. The van der Waals surface area contributed by atoms with Crippen LogP contribution in [0.4, 0.5) is 5.82 Å². The Morgan fingerprint density at radius 3 is 2.68 bits per heavy atom. The maximum Gasteiger partial charge on any atom is 0.161 e. The Balaban J connectivity index is 2.51. The number of hydrogen-bond acceptors (Lipinski definition) is 5. The highest BCUT2D eigenvalue weighted by Crippen LogP contribution is 2.30. The van der Waals surface area contributed by atoms with Crippen LogP contribution in [-0.2, 0) is 6.42 Å². The van der Waals surface area contributed by atoms with Crippen molar-refractivity contribution in [1.29, 1.82) is 0 Å². The van der Waals surface area contributed by atoms with Crippen molar-refractivity contribution in [3.05, 3.63) is 30.0 Å². The summed E-state index contributed by atoms with van der Waals surface area (Å²) in [6, 6.07) is 6.99. The van der Waals surface area contributed by atoms with Gasteiger partial charge in [0.2, 0.25) is 0 Å². The summed E-state index contributed by atoms with van der Waals surface area (Å²) in [5.41, 5.74) is 1.77. The Morgan fingerprint density at radius 2 is 2.05 bits per heavy atom. The molecular weight excluding hydrogens is 242 g/mol. The molecule has 19 heavy (non-hydrogen) atoms. The molecule has 0 aliphatic heterocycles. The van der Waals surface area contributed by atoms with Crippen molar-refractivity contribution in [2.24, 2.45) is 0 Å². The van der Waals surface area contributed by atoms with Crippen LogP contribution in [-0.4, -0.2) is 29.2 Å². The molecule has 0 unspecified atom stereocenters. The van der Waals surface area contributed by atoms with Gasteiger partial charge < -0.3 is 15.2 Å². The molecule has 2 N–H and O–H groups in total. The van der Waals surface area contributed by atoms with Crippen LogP contribution in [0.2, 0.25) is 0 Å². The Bertz CT molecular complexity index is 563. The minimum absolute atomic E-state index is 0.103. The van der Waals surface area contributed by atoms with E-state index < -0.39 is 0 Å². The molecule has 0 radical (unpaired) electrons. The summed E-state index contributed by atoms with van der Waals surface area (Å²) in [5, 5.41) is 12.6. The van der Waals surface area contributed by atoms with Crippen LogP contribution in [0.3, 0.4) is 0 Å². The third kappa shape index (κ3) is 2.76. The number of phenolic OH excluding ortho intramolecular Hbond substituents is 1. The fourth-order valence-electron chi connectivity index (χ4n) is 1.75. The van der Waals surface area contributed by atoms with E-state index in [0.717, 1.165) is 23.5 Å². The number of ether oxygens (including phenoxy) is 1. The summed E-state index contributed by atoms with van der Waals surface area (Å²) < 4.78 is 5.10. The predicted molar refractivity (Wildman–Crippen MR) is 74.6 cm³/mol. The highest BCUT2D eigenvalue weighted by atomic mass is 16.5. The number of aromatic nitrogens is 2. The van der Waals surface area contributed by atoms with Crippen LogP contribution in [0.25, 0.3) is 11.4 Å². The van der Waals surface area contributed by atoms with Crippen LogP contribution in [0.5, 0.6) is 11.5 Å². The van der Waals surface area contributed by atoms with Gasteiger partial charge in [-0.15, -0.1) is 0 Å². The summed E-state index contributed by atoms with van der Waals surface area (Å²) in [7, 11) is 3.34. The molecule has 0 saturated carbocycles. The second-order valence-electron chi connectivity index (χ2n) is 4.06. The first-order chi connectivity index (χ1) is 9.17. The first-order valence-corrected chi connectivity index (χ1v) is 6.11. The van der Waals surface area contributed by atoms with Crippen LogP contribution in [0.15, 0.2) is 24.3 Å². The molecule has 100 valence electrons. The zero-order valence-electron chi connectivity index (χ0n) is 11.3. The number of methoxy groups -OCH3 is 1. The van der Waals surface area contributed by atoms with Crippen molar-refractivity contribution < 1.29 is 9.84 Å². The number of aromatic hydroxyl groups is 1. The quantitative estimate of drug-likeness (QED) is 0.882. The maximum atomic E-state index is 9.61. The maximum absolute atomic E-state index is 9.61. The molecule has 2 aromatic rings. The standard InChI is InChI=1S/C14H17N3O2/c1-4-10-8-13(15-2)17-14(16-10)9-5-6-11(18)12(7-9)19-3/h5-8,18H,4H2,1-3H3,(H,15,16,17). The topological polar surface area (TPSA) is 67.3 Å². The van der Waals surface area contributed by atoms with E-state index in [0.29, 0.717) is 11.6 Å². The molecule has 0 atom stereocenters. The van der Waals surface area contributed by atoms with E-state index in [1.807, 2.05) is 20.0 Å². The van der Waals surface area contributed by atoms with Gasteiger partial charge in [-0.25, -0.2) is 9.97 Å². The van der Waals surface area contributed by atoms with Gasteiger partial charge >= 0.3 is 0 Å². The molecule has 0 aliphatic carbocycles. The molecular formula is C14H17N3O2. The van der Waals surface area contributed by atoms with Crippen molar-refractivity contribution in [3.8, 4) is 22.9 Å². The van der Waals surface area contributed by atoms with Gasteiger partial charge in [-0.3, -0.25) is 0 Å². The Kier molecular flexibility index (Phi) is 3.85. The van der Waals surface area contributed by atoms with Gasteiger partial charge in [0.05, 0.1) is 7.11 Å². The number of hydrogen-bond donors (Lipinski definition) is 2. The lowest BCUT2D eigenvalue weighted by molar-refractivity contribution is 0.373. The third-order valence-corrected chi connectivity index (χ3v) is 2.84. The second-order valence-corrected chi connectivity index (χ2v) is 4.06. The molecule has 2 rings (SSSR count). The van der Waals surface area contributed by atoms with E-state index in [2.05, 4.69) is 15.3 Å². The zero-order valence-corrected chi connectivity index (χ0v) is 11.3. The fraction of sp³-hybridized carbons (Fsp3) is 0.286. The van der Waals surface area contributed by atoms with Crippen molar-refractivity contribution in [2.45, 2.75) is 13.3 Å². The van der Waals surface area contributed by atoms with Gasteiger partial charge in [-0.2, -0.15) is 0 Å². The first-order valence-electron chi connectivity index (χ1n) is 6.11. The number of nitrogens with zero attached hydrogens (tertiary/aromatic N) is 2. The highest BCUT2D eigenvalue weighted by Gasteiger charge is 2.09. The predicted octanol–water partition coefficient (Wildman–Crippen LogP) is 2.46. The van der Waals surface area contributed by atoms with E-state index in [-0.39, 0.29) is 5.75 Å². The minimum atomic E-state index is 0.103. The Morgan fingerprint density at radius 1 is 1.26 bits per heavy atom. The fourth-order valence-corrected chi connectivity index (χ4v) is 1.75. The molecule has 0 aliphatic rings. The molecule has 0 saturated heterocycles. The molecule has 1 aromatic heterocycles. The number of rotatable bonds is 4. The van der Waals surface area contributed by atoms with Gasteiger partial charge in [-0.1, -0.05) is 6.92 Å². The first kappa shape index (κ1) is 13.1. The van der Waals surface area contributed by atoms with Crippen molar-refractivity contribution in [3.63, 3.8) is 0 Å². The lowest BCUT2D eigenvalue weighted by atomic mass is 10.1. The smallest absolute Gasteiger partial charge is 0.161 e. The third-order valence-electron chi connectivity index (χ3n) is 2.84. The van der Waals surface area contributed by atoms with E-state index in [1.54, 1.807) is 18.2 Å². The number of benzene rings is 1. The average molecular weight is 259 g/mol. The normalized spacial score (nSPS) is 10.3. The molecule has 5 nitrogen and oxygen atoms in total. The molecule has 1 heterocycles. The van der Waals surface area contributed by atoms with E-state index in [1.165, 1.54) is 7.11 Å². The van der Waals surface area contributed by atoms with Gasteiger partial charge in [0.25, 0.3) is 0 Å². The summed E-state index contributed by atoms with van der Waals surface area (Å²) in [5.74, 6) is 1.90. The van der Waals surface area contributed by atoms with E-state index >= 15 is 0 Å². The van der Waals surface area contributed by atoms with Crippen LogP contribution in [0, 0.1) is 0 Å². The lowest BCUT2D eigenvalue weighted by Crippen LogP contribution is -2.00. The van der Waals surface area contributed by atoms with Crippen LogP contribution < -0.4 is 10.1 Å². The summed E-state index contributed by atoms with van der Waals surface area (Å²) >= 11 is 0. The minimum Gasteiger partial charge on any atom is -0.504 e. The Hall–Kier alpha value is -2.30. The highest BCUT2D eigenvalue weighted by molar-refractivity contribution is 5.62. The number of nitrogens with one attached hydrogen (secondary N) is 1. The molecule has 1 aromatic carbocycles. The van der Waals surface area contributed by atoms with Crippen LogP contribution in [0.1, 0.15) is 12.6 Å². The Labute approximate surface area is 112 Å². The van der Waals surface area contributed by atoms with Gasteiger partial charge in [0.15, 0.2) is 17.3 Å². The van der Waals surface area contributed by atoms with Crippen molar-refractivity contribution >= 4 is 5.82 Å². The monoisotopic (exact) mass is 259 g/mol. The molecule has 0 amide bonds. The van der Waals surface area contributed by atoms with Crippen molar-refractivity contribution in [1.82, 2.24) is 9.97 Å². The van der Waals surface area contributed by atoms with E-state index in [9.17, 15) is 5.11 Å². The second kappa shape index (κ2) is 5.56. The molecule has 0 fully saturated rings. The van der Waals surface area contributed by atoms with Crippen LogP contribution >= 0.6 is 0 Å². The zero-order chi connectivity index (χ0) is 13.8. The van der Waals surface area contributed by atoms with E-state index in [4.69, 9.17) is 4.74 Å². The lowest BCUT2D eigenvalue weighted by Gasteiger charge is -2.09. The summed E-state index contributed by atoms with van der Waals surface area (Å²) in [4.78, 5) is 8.90. The SMILES string of the molecule is CCc1cc(NC)nc(-c2ccc(O)c(OC)c2)n1.